The van der Waals surface area contributed by atoms with Crippen molar-refractivity contribution >= 4 is 11.8 Å². The second-order valence-corrected chi connectivity index (χ2v) is 7.75. The van der Waals surface area contributed by atoms with Crippen LogP contribution in [0.2, 0.25) is 0 Å². The van der Waals surface area contributed by atoms with Crippen molar-refractivity contribution in [1.82, 2.24) is 20.4 Å². The summed E-state index contributed by atoms with van der Waals surface area (Å²) in [6.45, 7) is 2.51. The van der Waals surface area contributed by atoms with Crippen molar-refractivity contribution in [2.45, 2.75) is 19.9 Å². The predicted octanol–water partition coefficient (Wildman–Crippen LogP) is 4.28. The Morgan fingerprint density at radius 3 is 2.24 bits per heavy atom. The smallest absolute Gasteiger partial charge is 0.251 e. The number of hydrogen-bond donors (Lipinski definition) is 2. The first-order valence-corrected chi connectivity index (χ1v) is 10.9. The molecule has 4 aromatic rings. The van der Waals surface area contributed by atoms with Gasteiger partial charge in [0.15, 0.2) is 0 Å². The Kier molecular flexibility index (Phi) is 6.95. The van der Waals surface area contributed by atoms with Gasteiger partial charge in [-0.3, -0.25) is 9.59 Å². The van der Waals surface area contributed by atoms with Crippen LogP contribution < -0.4 is 10.6 Å². The van der Waals surface area contributed by atoms with Gasteiger partial charge in [-0.25, -0.2) is 4.68 Å². The Balaban J connectivity index is 1.39. The van der Waals surface area contributed by atoms with Crippen LogP contribution in [-0.4, -0.2) is 28.1 Å². The van der Waals surface area contributed by atoms with E-state index in [0.717, 1.165) is 28.1 Å². The molecule has 2 N–H and O–H groups in total. The van der Waals surface area contributed by atoms with Crippen molar-refractivity contribution in [2.24, 2.45) is 0 Å². The molecule has 0 unspecified atom stereocenters. The molecule has 0 fully saturated rings. The monoisotopic (exact) mass is 438 g/mol. The van der Waals surface area contributed by atoms with Crippen molar-refractivity contribution in [2.75, 3.05) is 6.54 Å². The van der Waals surface area contributed by atoms with Crippen molar-refractivity contribution < 1.29 is 9.59 Å². The number of benzene rings is 3. The molecule has 0 atom stereocenters. The van der Waals surface area contributed by atoms with Gasteiger partial charge in [-0.2, -0.15) is 5.10 Å². The van der Waals surface area contributed by atoms with E-state index in [4.69, 9.17) is 5.10 Å². The fraction of sp³-hybridized carbons (Fsp3) is 0.148. The van der Waals surface area contributed by atoms with E-state index in [9.17, 15) is 9.59 Å². The topological polar surface area (TPSA) is 76.0 Å². The van der Waals surface area contributed by atoms with E-state index in [1.54, 1.807) is 6.07 Å². The van der Waals surface area contributed by atoms with Gasteiger partial charge in [0, 0.05) is 42.4 Å². The Morgan fingerprint density at radius 1 is 0.848 bits per heavy atom. The van der Waals surface area contributed by atoms with Gasteiger partial charge in [0.25, 0.3) is 5.91 Å². The molecule has 0 saturated carbocycles. The summed E-state index contributed by atoms with van der Waals surface area (Å²) in [4.78, 5) is 24.7. The number of aromatic nitrogens is 2. The van der Waals surface area contributed by atoms with Crippen LogP contribution >= 0.6 is 0 Å². The Morgan fingerprint density at radius 2 is 1.52 bits per heavy atom. The highest BCUT2D eigenvalue weighted by atomic mass is 16.2. The second kappa shape index (κ2) is 10.4. The lowest BCUT2D eigenvalue weighted by atomic mass is 10.1. The summed E-state index contributed by atoms with van der Waals surface area (Å²) >= 11 is 0. The number of hydrogen-bond acceptors (Lipinski definition) is 3. The van der Waals surface area contributed by atoms with Gasteiger partial charge >= 0.3 is 0 Å². The van der Waals surface area contributed by atoms with Gasteiger partial charge in [-0.1, -0.05) is 66.7 Å². The summed E-state index contributed by atoms with van der Waals surface area (Å²) in [5, 5.41) is 10.5. The maximum Gasteiger partial charge on any atom is 0.251 e. The molecule has 6 nitrogen and oxygen atoms in total. The average molecular weight is 439 g/mol. The quantitative estimate of drug-likeness (QED) is 0.431. The van der Waals surface area contributed by atoms with Gasteiger partial charge in [0.1, 0.15) is 0 Å². The number of carbonyl (C=O) groups excluding carboxylic acids is 2. The number of nitrogens with one attached hydrogen (secondary N) is 2. The highest BCUT2D eigenvalue weighted by molar-refractivity contribution is 5.95. The predicted molar refractivity (Wildman–Crippen MR) is 129 cm³/mol. The maximum absolute atomic E-state index is 12.4. The standard InChI is InChI=1S/C27H26N4O2/c1-20-10-8-9-15-24(20)27(33)28-17-16-25(32)29-18-22-19-31(23-13-6-3-7-14-23)30-26(22)21-11-4-2-5-12-21/h2-15,19H,16-18H2,1H3,(H,28,33)(H,29,32). The van der Waals surface area contributed by atoms with Crippen LogP contribution in [0, 0.1) is 6.92 Å². The third kappa shape index (κ3) is 5.54. The van der Waals surface area contributed by atoms with Gasteiger partial charge in [0.05, 0.1) is 11.4 Å². The fourth-order valence-corrected chi connectivity index (χ4v) is 3.59. The van der Waals surface area contributed by atoms with Gasteiger partial charge in [0.2, 0.25) is 5.91 Å². The normalized spacial score (nSPS) is 10.6. The number of aryl methyl sites for hydroxylation is 1. The minimum absolute atomic E-state index is 0.133. The molecule has 0 aliphatic rings. The van der Waals surface area contributed by atoms with E-state index < -0.39 is 0 Å². The number of nitrogens with zero attached hydrogens (tertiary/aromatic N) is 2. The van der Waals surface area contributed by atoms with Crippen LogP contribution in [0.15, 0.2) is 91.1 Å². The van der Waals surface area contributed by atoms with Crippen molar-refractivity contribution in [1.29, 1.82) is 0 Å². The molecule has 4 rings (SSSR count). The molecule has 2 amide bonds. The minimum atomic E-state index is -0.170. The first-order chi connectivity index (χ1) is 16.1. The molecule has 0 aliphatic carbocycles. The van der Waals surface area contributed by atoms with Crippen LogP contribution in [0.3, 0.4) is 0 Å². The number of carbonyl (C=O) groups is 2. The van der Waals surface area contributed by atoms with Crippen LogP contribution in [0.1, 0.15) is 27.9 Å². The van der Waals surface area contributed by atoms with Gasteiger partial charge in [-0.05, 0) is 30.7 Å². The average Bonchev–Trinajstić information content (AvgIpc) is 3.28. The summed E-state index contributed by atoms with van der Waals surface area (Å²) in [6.07, 6.45) is 2.14. The first kappa shape index (κ1) is 22.0. The third-order valence-electron chi connectivity index (χ3n) is 5.36. The van der Waals surface area contributed by atoms with E-state index >= 15 is 0 Å². The lowest BCUT2D eigenvalue weighted by Crippen LogP contribution is -2.30. The van der Waals surface area contributed by atoms with E-state index in [1.807, 2.05) is 96.7 Å². The molecular formula is C27H26N4O2. The van der Waals surface area contributed by atoms with E-state index in [2.05, 4.69) is 10.6 Å². The molecule has 0 aliphatic heterocycles. The zero-order valence-corrected chi connectivity index (χ0v) is 18.5. The van der Waals surface area contributed by atoms with Crippen LogP contribution in [-0.2, 0) is 11.3 Å². The molecular weight excluding hydrogens is 412 g/mol. The zero-order chi connectivity index (χ0) is 23.0. The van der Waals surface area contributed by atoms with Crippen LogP contribution in [0.5, 0.6) is 0 Å². The van der Waals surface area contributed by atoms with Crippen LogP contribution in [0.4, 0.5) is 0 Å². The summed E-state index contributed by atoms with van der Waals surface area (Å²) < 4.78 is 1.83. The summed E-state index contributed by atoms with van der Waals surface area (Å²) in [7, 11) is 0. The zero-order valence-electron chi connectivity index (χ0n) is 18.5. The molecule has 1 heterocycles. The second-order valence-electron chi connectivity index (χ2n) is 7.75. The van der Waals surface area contributed by atoms with E-state index in [1.165, 1.54) is 0 Å². The maximum atomic E-state index is 12.4. The number of amides is 2. The molecule has 1 aromatic heterocycles. The summed E-state index contributed by atoms with van der Waals surface area (Å²) in [5.41, 5.74) is 5.21. The molecule has 33 heavy (non-hydrogen) atoms. The van der Waals surface area contributed by atoms with Crippen molar-refractivity contribution in [3.63, 3.8) is 0 Å². The number of rotatable bonds is 8. The summed E-state index contributed by atoms with van der Waals surface area (Å²) in [5.74, 6) is -0.303. The largest absolute Gasteiger partial charge is 0.352 e. The SMILES string of the molecule is Cc1ccccc1C(=O)NCCC(=O)NCc1cn(-c2ccccc2)nc1-c1ccccc1. The Bertz CT molecular complexity index is 1230. The van der Waals surface area contributed by atoms with E-state index in [0.29, 0.717) is 12.1 Å². The molecule has 3 aromatic carbocycles. The highest BCUT2D eigenvalue weighted by Crippen LogP contribution is 2.23. The minimum Gasteiger partial charge on any atom is -0.352 e. The molecule has 0 bridgehead atoms. The molecule has 0 saturated heterocycles. The van der Waals surface area contributed by atoms with E-state index in [-0.39, 0.29) is 24.8 Å². The summed E-state index contributed by atoms with van der Waals surface area (Å²) in [6, 6.07) is 27.2. The molecule has 0 spiro atoms. The Hall–Kier alpha value is -4.19. The lowest BCUT2D eigenvalue weighted by molar-refractivity contribution is -0.121. The van der Waals surface area contributed by atoms with Gasteiger partial charge < -0.3 is 10.6 Å². The molecule has 166 valence electrons. The Labute approximate surface area is 193 Å². The van der Waals surface area contributed by atoms with Gasteiger partial charge in [-0.15, -0.1) is 0 Å². The third-order valence-corrected chi connectivity index (χ3v) is 5.36. The van der Waals surface area contributed by atoms with Crippen molar-refractivity contribution in [3.8, 4) is 16.9 Å². The molecule has 6 heteroatoms. The van der Waals surface area contributed by atoms with Crippen LogP contribution in [0.25, 0.3) is 16.9 Å². The number of para-hydroxylation sites is 1. The first-order valence-electron chi connectivity index (χ1n) is 10.9. The lowest BCUT2D eigenvalue weighted by Gasteiger charge is -2.08. The highest BCUT2D eigenvalue weighted by Gasteiger charge is 2.14. The molecule has 0 radical (unpaired) electrons. The van der Waals surface area contributed by atoms with Crippen molar-refractivity contribution in [3.05, 3.63) is 108 Å². The fourth-order valence-electron chi connectivity index (χ4n) is 3.59.